The number of nitrogens with one attached hydrogen (secondary N) is 1. The quantitative estimate of drug-likeness (QED) is 0.788. The zero-order chi connectivity index (χ0) is 12.3. The first-order valence-electron chi connectivity index (χ1n) is 5.96. The minimum atomic E-state index is -0.0283. The second-order valence-corrected chi connectivity index (χ2v) is 5.19. The average molecular weight is 250 g/mol. The summed E-state index contributed by atoms with van der Waals surface area (Å²) >= 11 is 4.31. The zero-order valence-corrected chi connectivity index (χ0v) is 10.9. The molecule has 0 aromatic carbocycles. The molecule has 1 heterocycles. The lowest BCUT2D eigenvalue weighted by molar-refractivity contribution is -0.122. The van der Waals surface area contributed by atoms with Gasteiger partial charge in [0.15, 0.2) is 0 Å². The predicted molar refractivity (Wildman–Crippen MR) is 70.9 cm³/mol. The molecule has 1 aliphatic carbocycles. The van der Waals surface area contributed by atoms with Crippen LogP contribution in [-0.4, -0.2) is 16.6 Å². The summed E-state index contributed by atoms with van der Waals surface area (Å²) in [5.74, 6) is 0.910. The van der Waals surface area contributed by atoms with Gasteiger partial charge in [-0.05, 0) is 43.1 Å². The maximum Gasteiger partial charge on any atom is 0.221 e. The van der Waals surface area contributed by atoms with Crippen molar-refractivity contribution < 1.29 is 4.79 Å². The number of hydrogen-bond acceptors (Lipinski definition) is 3. The molecular weight excluding hydrogens is 232 g/mol. The van der Waals surface area contributed by atoms with Gasteiger partial charge in [-0.15, -0.1) is 0 Å². The van der Waals surface area contributed by atoms with Crippen molar-refractivity contribution in [3.05, 3.63) is 30.1 Å². The van der Waals surface area contributed by atoms with Gasteiger partial charge in [-0.25, -0.2) is 0 Å². The molecule has 0 bridgehead atoms. The Balaban J connectivity index is 1.87. The lowest BCUT2D eigenvalue weighted by Gasteiger charge is -2.16. The lowest BCUT2D eigenvalue weighted by Crippen LogP contribution is -2.29. The van der Waals surface area contributed by atoms with Gasteiger partial charge in [0.2, 0.25) is 5.91 Å². The van der Waals surface area contributed by atoms with E-state index < -0.39 is 0 Å². The van der Waals surface area contributed by atoms with E-state index in [9.17, 15) is 4.79 Å². The van der Waals surface area contributed by atoms with Crippen LogP contribution in [0.15, 0.2) is 24.4 Å². The largest absolute Gasteiger partial charge is 0.348 e. The van der Waals surface area contributed by atoms with Crippen molar-refractivity contribution in [1.29, 1.82) is 0 Å². The maximum atomic E-state index is 11.9. The summed E-state index contributed by atoms with van der Waals surface area (Å²) in [6.45, 7) is 1.96. The molecule has 17 heavy (non-hydrogen) atoms. The summed E-state index contributed by atoms with van der Waals surface area (Å²) in [5, 5.41) is 2.99. The molecule has 0 saturated heterocycles. The van der Waals surface area contributed by atoms with Crippen LogP contribution in [-0.2, 0) is 4.79 Å². The van der Waals surface area contributed by atoms with E-state index in [-0.39, 0.29) is 17.4 Å². The van der Waals surface area contributed by atoms with Crippen LogP contribution in [0.4, 0.5) is 0 Å². The maximum absolute atomic E-state index is 11.9. The molecule has 1 aliphatic rings. The second kappa shape index (κ2) is 5.08. The number of aromatic nitrogens is 1. The van der Waals surface area contributed by atoms with Crippen molar-refractivity contribution in [2.24, 2.45) is 5.41 Å². The molecule has 0 radical (unpaired) electrons. The van der Waals surface area contributed by atoms with Crippen LogP contribution in [0.5, 0.6) is 0 Å². The van der Waals surface area contributed by atoms with E-state index in [1.165, 1.54) is 0 Å². The van der Waals surface area contributed by atoms with Crippen LogP contribution in [0.1, 0.15) is 37.9 Å². The van der Waals surface area contributed by atoms with Crippen molar-refractivity contribution in [1.82, 2.24) is 10.3 Å². The number of carbonyl (C=O) groups is 1. The second-order valence-electron chi connectivity index (χ2n) is 4.88. The Hall–Kier alpha value is -1.03. The van der Waals surface area contributed by atoms with Crippen LogP contribution in [0.3, 0.4) is 0 Å². The van der Waals surface area contributed by atoms with E-state index in [0.29, 0.717) is 6.42 Å². The number of thiol groups is 1. The molecule has 3 nitrogen and oxygen atoms in total. The average Bonchev–Trinajstić information content (AvgIpc) is 3.10. The normalized spacial score (nSPS) is 18.5. The van der Waals surface area contributed by atoms with E-state index in [0.717, 1.165) is 24.3 Å². The van der Waals surface area contributed by atoms with Gasteiger partial charge in [-0.3, -0.25) is 9.78 Å². The molecule has 2 rings (SSSR count). The smallest absolute Gasteiger partial charge is 0.221 e. The minimum Gasteiger partial charge on any atom is -0.348 e. The molecule has 92 valence electrons. The monoisotopic (exact) mass is 250 g/mol. The summed E-state index contributed by atoms with van der Waals surface area (Å²) < 4.78 is 0. The molecular formula is C13H18N2OS. The van der Waals surface area contributed by atoms with E-state index in [2.05, 4.69) is 22.9 Å². The molecule has 1 atom stereocenters. The molecule has 4 heteroatoms. The van der Waals surface area contributed by atoms with Crippen LogP contribution in [0, 0.1) is 5.41 Å². The Morgan fingerprint density at radius 2 is 2.35 bits per heavy atom. The Morgan fingerprint density at radius 1 is 1.59 bits per heavy atom. The molecule has 1 amide bonds. The van der Waals surface area contributed by atoms with E-state index in [1.807, 2.05) is 25.1 Å². The van der Waals surface area contributed by atoms with Gasteiger partial charge in [0.1, 0.15) is 0 Å². The Morgan fingerprint density at radius 3 is 2.88 bits per heavy atom. The standard InChI is InChI=1S/C13H18N2OS/c1-10(11-4-2-3-7-14-11)15-12(16)8-13(9-17)5-6-13/h2-4,7,10,17H,5-6,8-9H2,1H3,(H,15,16). The number of rotatable bonds is 5. The van der Waals surface area contributed by atoms with Crippen molar-refractivity contribution >= 4 is 18.5 Å². The SMILES string of the molecule is CC(NC(=O)CC1(CS)CC1)c1ccccn1. The number of nitrogens with zero attached hydrogens (tertiary/aromatic N) is 1. The lowest BCUT2D eigenvalue weighted by atomic mass is 10.0. The van der Waals surface area contributed by atoms with Crippen LogP contribution < -0.4 is 5.32 Å². The van der Waals surface area contributed by atoms with Gasteiger partial charge in [0.25, 0.3) is 0 Å². The number of carbonyl (C=O) groups excluding carboxylic acids is 1. The Kier molecular flexibility index (Phi) is 3.72. The molecule has 1 fully saturated rings. The summed E-state index contributed by atoms with van der Waals surface area (Å²) in [4.78, 5) is 16.1. The predicted octanol–water partition coefficient (Wildman–Crippen LogP) is 2.36. The first-order chi connectivity index (χ1) is 8.15. The van der Waals surface area contributed by atoms with Gasteiger partial charge in [0, 0.05) is 12.6 Å². The first kappa shape index (κ1) is 12.4. The van der Waals surface area contributed by atoms with Crippen LogP contribution >= 0.6 is 12.6 Å². The number of pyridine rings is 1. The molecule has 1 aromatic heterocycles. The van der Waals surface area contributed by atoms with Crippen molar-refractivity contribution in [3.8, 4) is 0 Å². The zero-order valence-electron chi connectivity index (χ0n) is 10.0. The third kappa shape index (κ3) is 3.22. The van der Waals surface area contributed by atoms with Crippen LogP contribution in [0.25, 0.3) is 0 Å². The summed E-state index contributed by atoms with van der Waals surface area (Å²) in [6, 6.07) is 5.70. The van der Waals surface area contributed by atoms with Gasteiger partial charge in [-0.2, -0.15) is 12.6 Å². The highest BCUT2D eigenvalue weighted by molar-refractivity contribution is 7.80. The van der Waals surface area contributed by atoms with Crippen molar-refractivity contribution in [2.75, 3.05) is 5.75 Å². The van der Waals surface area contributed by atoms with Crippen LogP contribution in [0.2, 0.25) is 0 Å². The molecule has 0 aliphatic heterocycles. The third-order valence-electron chi connectivity index (χ3n) is 3.34. The molecule has 1 aromatic rings. The van der Waals surface area contributed by atoms with Crippen molar-refractivity contribution in [2.45, 2.75) is 32.2 Å². The highest BCUT2D eigenvalue weighted by atomic mass is 32.1. The highest BCUT2D eigenvalue weighted by Gasteiger charge is 2.42. The van der Waals surface area contributed by atoms with Gasteiger partial charge >= 0.3 is 0 Å². The van der Waals surface area contributed by atoms with Gasteiger partial charge in [-0.1, -0.05) is 6.07 Å². The fourth-order valence-electron chi connectivity index (χ4n) is 1.91. The molecule has 1 N–H and O–H groups in total. The summed E-state index contributed by atoms with van der Waals surface area (Å²) in [7, 11) is 0. The Bertz CT molecular complexity index is 390. The van der Waals surface area contributed by atoms with Gasteiger partial charge in [0.05, 0.1) is 11.7 Å². The molecule has 1 saturated carbocycles. The van der Waals surface area contributed by atoms with Crippen molar-refractivity contribution in [3.63, 3.8) is 0 Å². The first-order valence-corrected chi connectivity index (χ1v) is 6.60. The number of hydrogen-bond donors (Lipinski definition) is 2. The van der Waals surface area contributed by atoms with E-state index >= 15 is 0 Å². The molecule has 0 spiro atoms. The summed E-state index contributed by atoms with van der Waals surface area (Å²) in [5.41, 5.74) is 1.08. The Labute approximate surface area is 107 Å². The minimum absolute atomic E-state index is 0.0283. The third-order valence-corrected chi connectivity index (χ3v) is 4.01. The molecule has 1 unspecified atom stereocenters. The number of amides is 1. The fourth-order valence-corrected chi connectivity index (χ4v) is 2.33. The highest BCUT2D eigenvalue weighted by Crippen LogP contribution is 2.49. The topological polar surface area (TPSA) is 42.0 Å². The van der Waals surface area contributed by atoms with Gasteiger partial charge < -0.3 is 5.32 Å². The fraction of sp³-hybridized carbons (Fsp3) is 0.538. The van der Waals surface area contributed by atoms with E-state index in [4.69, 9.17) is 0 Å². The van der Waals surface area contributed by atoms with E-state index in [1.54, 1.807) is 6.20 Å². The summed E-state index contributed by atoms with van der Waals surface area (Å²) in [6.07, 6.45) is 4.59.